The molecule has 1 aromatic rings. The molecule has 2 fully saturated rings. The highest BCUT2D eigenvalue weighted by atomic mass is 16.5. The van der Waals surface area contributed by atoms with Crippen LogP contribution in [0.15, 0.2) is 24.3 Å². The maximum absolute atomic E-state index is 12.4. The summed E-state index contributed by atoms with van der Waals surface area (Å²) in [7, 11) is 1.52. The van der Waals surface area contributed by atoms with Crippen molar-refractivity contribution >= 4 is 35.3 Å². The minimum atomic E-state index is -0.810. The van der Waals surface area contributed by atoms with E-state index in [9.17, 15) is 24.0 Å². The van der Waals surface area contributed by atoms with Crippen LogP contribution in [0.3, 0.4) is 0 Å². The van der Waals surface area contributed by atoms with E-state index in [4.69, 9.17) is 4.74 Å². The van der Waals surface area contributed by atoms with Gasteiger partial charge >= 0.3 is 5.97 Å². The monoisotopic (exact) mass is 401 g/mol. The van der Waals surface area contributed by atoms with Crippen LogP contribution in [0.4, 0.5) is 5.69 Å². The average Bonchev–Trinajstić information content (AvgIpc) is 2.97. The molecule has 0 bridgehead atoms. The predicted molar refractivity (Wildman–Crippen MR) is 102 cm³/mol. The number of anilines is 1. The van der Waals surface area contributed by atoms with Gasteiger partial charge in [-0.3, -0.25) is 28.9 Å². The summed E-state index contributed by atoms with van der Waals surface area (Å²) >= 11 is 0. The maximum atomic E-state index is 12.4. The smallest absolute Gasteiger partial charge is 0.326 e. The summed E-state index contributed by atoms with van der Waals surface area (Å²) in [6.45, 7) is -1.02. The summed E-state index contributed by atoms with van der Waals surface area (Å²) in [6, 6.07) is 6.19. The Morgan fingerprint density at radius 2 is 1.62 bits per heavy atom. The normalized spacial score (nSPS) is 20.8. The van der Waals surface area contributed by atoms with E-state index < -0.39 is 25.0 Å². The van der Waals surface area contributed by atoms with E-state index in [1.54, 1.807) is 24.3 Å². The largest absolute Gasteiger partial charge is 0.454 e. The highest BCUT2D eigenvalue weighted by molar-refractivity contribution is 6.07. The van der Waals surface area contributed by atoms with Gasteiger partial charge in [-0.15, -0.1) is 0 Å². The summed E-state index contributed by atoms with van der Waals surface area (Å²) in [5, 5.41) is 5.03. The second-order valence-electron chi connectivity index (χ2n) is 7.13. The van der Waals surface area contributed by atoms with Crippen molar-refractivity contribution in [2.75, 3.05) is 25.5 Å². The van der Waals surface area contributed by atoms with Gasteiger partial charge in [-0.05, 0) is 37.1 Å². The van der Waals surface area contributed by atoms with E-state index >= 15 is 0 Å². The van der Waals surface area contributed by atoms with Crippen LogP contribution in [0, 0.1) is 11.8 Å². The van der Waals surface area contributed by atoms with Crippen molar-refractivity contribution in [3.05, 3.63) is 29.8 Å². The number of nitrogens with one attached hydrogen (secondary N) is 2. The van der Waals surface area contributed by atoms with Crippen LogP contribution in [0.25, 0.3) is 0 Å². The van der Waals surface area contributed by atoms with E-state index in [1.165, 1.54) is 7.05 Å². The Labute approximate surface area is 167 Å². The molecule has 1 heterocycles. The first kappa shape index (κ1) is 20.5. The van der Waals surface area contributed by atoms with Crippen molar-refractivity contribution in [3.8, 4) is 0 Å². The minimum Gasteiger partial charge on any atom is -0.454 e. The van der Waals surface area contributed by atoms with Crippen LogP contribution < -0.4 is 10.6 Å². The standard InChI is InChI=1S/C20H23N3O6/c1-21-18(26)12-6-8-13(9-7-12)22-16(24)11-29-17(25)10-23-19(27)14-4-2-3-5-15(14)20(23)28/h6-9,14-15H,2-5,10-11H2,1H3,(H,21,26)(H,22,24)/t14-,15+. The first-order chi connectivity index (χ1) is 13.9. The van der Waals surface area contributed by atoms with E-state index in [2.05, 4.69) is 10.6 Å². The number of imide groups is 1. The first-order valence-corrected chi connectivity index (χ1v) is 9.53. The third kappa shape index (κ3) is 4.61. The Kier molecular flexibility index (Phi) is 6.26. The third-order valence-corrected chi connectivity index (χ3v) is 5.24. The number of ether oxygens (including phenoxy) is 1. The minimum absolute atomic E-state index is 0.248. The molecule has 1 aliphatic carbocycles. The molecule has 1 saturated heterocycles. The molecule has 0 unspecified atom stereocenters. The Morgan fingerprint density at radius 3 is 2.17 bits per heavy atom. The molecule has 4 amide bonds. The average molecular weight is 401 g/mol. The number of benzene rings is 1. The number of esters is 1. The van der Waals surface area contributed by atoms with E-state index in [-0.39, 0.29) is 29.6 Å². The highest BCUT2D eigenvalue weighted by Gasteiger charge is 2.48. The molecule has 0 spiro atoms. The summed E-state index contributed by atoms with van der Waals surface area (Å²) in [5.74, 6) is -2.93. The van der Waals surface area contributed by atoms with Crippen molar-refractivity contribution in [2.45, 2.75) is 25.7 Å². The lowest BCUT2D eigenvalue weighted by Crippen LogP contribution is -2.37. The quantitative estimate of drug-likeness (QED) is 0.535. The molecule has 2 N–H and O–H groups in total. The van der Waals surface area contributed by atoms with E-state index in [1.807, 2.05) is 0 Å². The fourth-order valence-corrected chi connectivity index (χ4v) is 3.75. The zero-order valence-electron chi connectivity index (χ0n) is 16.1. The maximum Gasteiger partial charge on any atom is 0.326 e. The van der Waals surface area contributed by atoms with Gasteiger partial charge in [0.2, 0.25) is 11.8 Å². The van der Waals surface area contributed by atoms with Gasteiger partial charge in [-0.25, -0.2) is 0 Å². The van der Waals surface area contributed by atoms with Gasteiger partial charge in [0, 0.05) is 18.3 Å². The summed E-state index contributed by atoms with van der Waals surface area (Å²) in [5.41, 5.74) is 0.880. The molecule has 3 rings (SSSR count). The number of likely N-dealkylation sites (tertiary alicyclic amines) is 1. The third-order valence-electron chi connectivity index (χ3n) is 5.24. The van der Waals surface area contributed by atoms with Crippen LogP contribution in [-0.2, 0) is 23.9 Å². The Balaban J connectivity index is 1.46. The van der Waals surface area contributed by atoms with Crippen LogP contribution in [0.5, 0.6) is 0 Å². The van der Waals surface area contributed by atoms with Gasteiger partial charge in [0.25, 0.3) is 11.8 Å². The van der Waals surface area contributed by atoms with Crippen LogP contribution in [0.2, 0.25) is 0 Å². The molecule has 9 nitrogen and oxygen atoms in total. The van der Waals surface area contributed by atoms with E-state index in [0.29, 0.717) is 24.1 Å². The SMILES string of the molecule is CNC(=O)c1ccc(NC(=O)COC(=O)CN2C(=O)[C@H]3CCCC[C@H]3C2=O)cc1. The lowest BCUT2D eigenvalue weighted by atomic mass is 9.81. The Bertz CT molecular complexity index is 811. The molecule has 1 saturated carbocycles. The number of hydrogen-bond acceptors (Lipinski definition) is 6. The molecule has 1 aliphatic heterocycles. The van der Waals surface area contributed by atoms with Crippen molar-refractivity contribution in [3.63, 3.8) is 0 Å². The molecular weight excluding hydrogens is 378 g/mol. The molecule has 154 valence electrons. The van der Waals surface area contributed by atoms with Crippen molar-refractivity contribution in [2.24, 2.45) is 11.8 Å². The van der Waals surface area contributed by atoms with Gasteiger partial charge in [0.1, 0.15) is 6.54 Å². The number of carbonyl (C=O) groups is 5. The molecule has 2 aliphatic rings. The Morgan fingerprint density at radius 1 is 1.03 bits per heavy atom. The van der Waals surface area contributed by atoms with Gasteiger partial charge in [0.15, 0.2) is 6.61 Å². The van der Waals surface area contributed by atoms with Gasteiger partial charge in [-0.1, -0.05) is 12.8 Å². The molecular formula is C20H23N3O6. The van der Waals surface area contributed by atoms with Crippen LogP contribution >= 0.6 is 0 Å². The number of amides is 4. The first-order valence-electron chi connectivity index (χ1n) is 9.53. The molecule has 1 aromatic carbocycles. The topological polar surface area (TPSA) is 122 Å². The molecule has 29 heavy (non-hydrogen) atoms. The number of hydrogen-bond donors (Lipinski definition) is 2. The predicted octanol–water partition coefficient (Wildman–Crippen LogP) is 0.703. The summed E-state index contributed by atoms with van der Waals surface area (Å²) < 4.78 is 4.91. The van der Waals surface area contributed by atoms with Gasteiger partial charge in [-0.2, -0.15) is 0 Å². The van der Waals surface area contributed by atoms with E-state index in [0.717, 1.165) is 17.7 Å². The number of fused-ring (bicyclic) bond motifs is 1. The molecule has 0 radical (unpaired) electrons. The second kappa shape index (κ2) is 8.85. The number of nitrogens with zero attached hydrogens (tertiary/aromatic N) is 1. The fourth-order valence-electron chi connectivity index (χ4n) is 3.75. The molecule has 9 heteroatoms. The number of rotatable bonds is 6. The lowest BCUT2D eigenvalue weighted by Gasteiger charge is -2.19. The summed E-state index contributed by atoms with van der Waals surface area (Å²) in [6.07, 6.45) is 3.15. The van der Waals surface area contributed by atoms with Crippen LogP contribution in [-0.4, -0.2) is 54.7 Å². The second-order valence-corrected chi connectivity index (χ2v) is 7.13. The van der Waals surface area contributed by atoms with Crippen molar-refractivity contribution in [1.29, 1.82) is 0 Å². The highest BCUT2D eigenvalue weighted by Crippen LogP contribution is 2.37. The fraction of sp³-hybridized carbons (Fsp3) is 0.450. The molecule has 2 atom stereocenters. The number of carbonyl (C=O) groups excluding carboxylic acids is 5. The van der Waals surface area contributed by atoms with Crippen molar-refractivity contribution < 1.29 is 28.7 Å². The van der Waals surface area contributed by atoms with Gasteiger partial charge in [0.05, 0.1) is 11.8 Å². The van der Waals surface area contributed by atoms with Crippen LogP contribution in [0.1, 0.15) is 36.0 Å². The lowest BCUT2D eigenvalue weighted by molar-refractivity contribution is -0.154. The summed E-state index contributed by atoms with van der Waals surface area (Å²) in [4.78, 5) is 61.1. The zero-order chi connectivity index (χ0) is 21.0. The molecule has 0 aromatic heterocycles. The Hall–Kier alpha value is -3.23. The van der Waals surface area contributed by atoms with Gasteiger partial charge < -0.3 is 15.4 Å². The zero-order valence-corrected chi connectivity index (χ0v) is 16.1. The van der Waals surface area contributed by atoms with Crippen molar-refractivity contribution in [1.82, 2.24) is 10.2 Å².